The van der Waals surface area contributed by atoms with Crippen LogP contribution in [0.4, 0.5) is 10.5 Å². The van der Waals surface area contributed by atoms with Gasteiger partial charge in [0.2, 0.25) is 0 Å². The minimum Gasteiger partial charge on any atom is -0.462 e. The van der Waals surface area contributed by atoms with E-state index < -0.39 is 11.7 Å². The second-order valence-electron chi connectivity index (χ2n) is 5.99. The number of hydrogen-bond donors (Lipinski definition) is 1. The second kappa shape index (κ2) is 7.64. The molecule has 0 radical (unpaired) electrons. The van der Waals surface area contributed by atoms with Crippen LogP contribution in [0.5, 0.6) is 0 Å². The van der Waals surface area contributed by atoms with Gasteiger partial charge < -0.3 is 9.47 Å². The Labute approximate surface area is 131 Å². The maximum atomic E-state index is 11.6. The summed E-state index contributed by atoms with van der Waals surface area (Å²) in [5.41, 5.74) is 1.51. The number of anilines is 1. The van der Waals surface area contributed by atoms with Crippen molar-refractivity contribution in [2.75, 3.05) is 11.9 Å². The number of hydrogen-bond acceptors (Lipinski definition) is 4. The van der Waals surface area contributed by atoms with E-state index in [9.17, 15) is 9.59 Å². The number of rotatable bonds is 5. The van der Waals surface area contributed by atoms with E-state index >= 15 is 0 Å². The molecule has 0 heterocycles. The molecule has 120 valence electrons. The van der Waals surface area contributed by atoms with Crippen molar-refractivity contribution in [3.8, 4) is 0 Å². The fraction of sp³-hybridized carbons (Fsp3) is 0.412. The number of esters is 1. The van der Waals surface area contributed by atoms with Crippen LogP contribution in [0, 0.1) is 0 Å². The standard InChI is InChI=1S/C17H23NO4/c1-12(2)15(19)21-11-10-13-6-8-14(9-7-13)18-16(20)22-17(3,4)5/h6-9H,1,10-11H2,2-5H3,(H,18,20). The van der Waals surface area contributed by atoms with Crippen molar-refractivity contribution in [2.45, 2.75) is 39.7 Å². The lowest BCUT2D eigenvalue weighted by molar-refractivity contribution is -0.138. The van der Waals surface area contributed by atoms with Crippen LogP contribution in [0.2, 0.25) is 0 Å². The normalized spacial score (nSPS) is 10.7. The van der Waals surface area contributed by atoms with Gasteiger partial charge in [-0.25, -0.2) is 9.59 Å². The fourth-order valence-electron chi connectivity index (χ4n) is 1.56. The van der Waals surface area contributed by atoms with Crippen molar-refractivity contribution < 1.29 is 19.1 Å². The van der Waals surface area contributed by atoms with Crippen LogP contribution in [0.3, 0.4) is 0 Å². The highest BCUT2D eigenvalue weighted by Crippen LogP contribution is 2.13. The molecule has 0 aliphatic heterocycles. The summed E-state index contributed by atoms with van der Waals surface area (Å²) >= 11 is 0. The Balaban J connectivity index is 2.44. The van der Waals surface area contributed by atoms with Gasteiger partial charge >= 0.3 is 12.1 Å². The molecule has 1 aromatic rings. The fourth-order valence-corrected chi connectivity index (χ4v) is 1.56. The molecule has 1 N–H and O–H groups in total. The first kappa shape index (κ1) is 17.8. The Hall–Kier alpha value is -2.30. The molecule has 0 aliphatic carbocycles. The van der Waals surface area contributed by atoms with Crippen molar-refractivity contribution in [3.63, 3.8) is 0 Å². The second-order valence-corrected chi connectivity index (χ2v) is 5.99. The lowest BCUT2D eigenvalue weighted by Gasteiger charge is -2.19. The lowest BCUT2D eigenvalue weighted by atomic mass is 10.1. The summed E-state index contributed by atoms with van der Waals surface area (Å²) in [4.78, 5) is 22.9. The number of ether oxygens (including phenoxy) is 2. The maximum Gasteiger partial charge on any atom is 0.412 e. The number of carbonyl (C=O) groups is 2. The third-order valence-electron chi connectivity index (χ3n) is 2.57. The van der Waals surface area contributed by atoms with Crippen LogP contribution in [0.25, 0.3) is 0 Å². The molecule has 5 nitrogen and oxygen atoms in total. The zero-order chi connectivity index (χ0) is 16.8. The van der Waals surface area contributed by atoms with E-state index in [0.29, 0.717) is 24.3 Å². The van der Waals surface area contributed by atoms with Crippen LogP contribution >= 0.6 is 0 Å². The van der Waals surface area contributed by atoms with E-state index in [2.05, 4.69) is 11.9 Å². The molecule has 0 spiro atoms. The zero-order valence-corrected chi connectivity index (χ0v) is 13.6. The van der Waals surface area contributed by atoms with Crippen LogP contribution in [-0.4, -0.2) is 24.3 Å². The van der Waals surface area contributed by atoms with Crippen molar-refractivity contribution in [3.05, 3.63) is 42.0 Å². The Morgan fingerprint density at radius 1 is 1.18 bits per heavy atom. The number of nitrogens with one attached hydrogen (secondary N) is 1. The van der Waals surface area contributed by atoms with Crippen LogP contribution < -0.4 is 5.32 Å². The van der Waals surface area contributed by atoms with E-state index in [1.807, 2.05) is 32.9 Å². The first-order valence-electron chi connectivity index (χ1n) is 7.09. The molecule has 0 unspecified atom stereocenters. The van der Waals surface area contributed by atoms with Gasteiger partial charge in [0, 0.05) is 17.7 Å². The molecular formula is C17H23NO4. The van der Waals surface area contributed by atoms with Crippen LogP contribution in [0.15, 0.2) is 36.4 Å². The predicted octanol–water partition coefficient (Wildman–Crippen LogP) is 3.70. The summed E-state index contributed by atoms with van der Waals surface area (Å²) < 4.78 is 10.2. The first-order chi connectivity index (χ1) is 10.2. The van der Waals surface area contributed by atoms with Gasteiger partial charge in [-0.2, -0.15) is 0 Å². The van der Waals surface area contributed by atoms with Crippen molar-refractivity contribution >= 4 is 17.7 Å². The van der Waals surface area contributed by atoms with Gasteiger partial charge in [0.25, 0.3) is 0 Å². The Morgan fingerprint density at radius 2 is 1.77 bits per heavy atom. The van der Waals surface area contributed by atoms with Crippen LogP contribution in [0.1, 0.15) is 33.3 Å². The molecule has 0 atom stereocenters. The van der Waals surface area contributed by atoms with Gasteiger partial charge in [0.05, 0.1) is 6.61 Å². The summed E-state index contributed by atoms with van der Waals surface area (Å²) in [5, 5.41) is 2.66. The average molecular weight is 305 g/mol. The summed E-state index contributed by atoms with van der Waals surface area (Å²) in [5.74, 6) is -0.386. The summed E-state index contributed by atoms with van der Waals surface area (Å²) in [6.45, 7) is 10.8. The highest BCUT2D eigenvalue weighted by molar-refractivity contribution is 5.87. The largest absolute Gasteiger partial charge is 0.462 e. The third-order valence-corrected chi connectivity index (χ3v) is 2.57. The minimum absolute atomic E-state index is 0.296. The topological polar surface area (TPSA) is 64.6 Å². The van der Waals surface area contributed by atoms with Gasteiger partial charge in [-0.15, -0.1) is 0 Å². The lowest BCUT2D eigenvalue weighted by Crippen LogP contribution is -2.27. The third kappa shape index (κ3) is 6.92. The van der Waals surface area contributed by atoms with Gasteiger partial charge in [-0.05, 0) is 45.4 Å². The number of carbonyl (C=O) groups excluding carboxylic acids is 2. The SMILES string of the molecule is C=C(C)C(=O)OCCc1ccc(NC(=O)OC(C)(C)C)cc1. The highest BCUT2D eigenvalue weighted by Gasteiger charge is 2.16. The Morgan fingerprint density at radius 3 is 2.27 bits per heavy atom. The smallest absolute Gasteiger partial charge is 0.412 e. The van der Waals surface area contributed by atoms with Gasteiger partial charge in [-0.3, -0.25) is 5.32 Å². The van der Waals surface area contributed by atoms with Crippen molar-refractivity contribution in [1.82, 2.24) is 0 Å². The molecular weight excluding hydrogens is 282 g/mol. The van der Waals surface area contributed by atoms with Crippen molar-refractivity contribution in [2.24, 2.45) is 0 Å². The molecule has 1 aromatic carbocycles. The van der Waals surface area contributed by atoms with Crippen molar-refractivity contribution in [1.29, 1.82) is 0 Å². The molecule has 5 heteroatoms. The molecule has 0 bridgehead atoms. The molecule has 22 heavy (non-hydrogen) atoms. The number of benzene rings is 1. The van der Waals surface area contributed by atoms with Gasteiger partial charge in [0.15, 0.2) is 0 Å². The van der Waals surface area contributed by atoms with Gasteiger partial charge in [-0.1, -0.05) is 18.7 Å². The monoisotopic (exact) mass is 305 g/mol. The van der Waals surface area contributed by atoms with Crippen LogP contribution in [-0.2, 0) is 20.7 Å². The highest BCUT2D eigenvalue weighted by atomic mass is 16.6. The molecule has 0 aliphatic rings. The Kier molecular flexibility index (Phi) is 6.16. The molecule has 1 rings (SSSR count). The van der Waals surface area contributed by atoms with E-state index in [0.717, 1.165) is 5.56 Å². The summed E-state index contributed by atoms with van der Waals surface area (Å²) in [6, 6.07) is 7.28. The van der Waals surface area contributed by atoms with E-state index in [-0.39, 0.29) is 5.97 Å². The molecule has 0 fully saturated rings. The molecule has 1 amide bonds. The van der Waals surface area contributed by atoms with E-state index in [4.69, 9.17) is 9.47 Å². The number of amides is 1. The van der Waals surface area contributed by atoms with E-state index in [1.54, 1.807) is 19.1 Å². The van der Waals surface area contributed by atoms with E-state index in [1.165, 1.54) is 0 Å². The van der Waals surface area contributed by atoms with Gasteiger partial charge in [0.1, 0.15) is 5.60 Å². The Bertz CT molecular complexity index is 541. The average Bonchev–Trinajstić information content (AvgIpc) is 2.38. The predicted molar refractivity (Wildman–Crippen MR) is 85.8 cm³/mol. The maximum absolute atomic E-state index is 11.6. The molecule has 0 aromatic heterocycles. The zero-order valence-electron chi connectivity index (χ0n) is 13.6. The first-order valence-corrected chi connectivity index (χ1v) is 7.09. The molecule has 0 saturated carbocycles. The summed E-state index contributed by atoms with van der Waals surface area (Å²) in [7, 11) is 0. The molecule has 0 saturated heterocycles. The quantitative estimate of drug-likeness (QED) is 0.665. The minimum atomic E-state index is -0.531. The summed E-state index contributed by atoms with van der Waals surface area (Å²) in [6.07, 6.45) is 0.113.